The molecule has 0 radical (unpaired) electrons. The van der Waals surface area contributed by atoms with E-state index in [9.17, 15) is 24.3 Å². The highest BCUT2D eigenvalue weighted by molar-refractivity contribution is 8.01. The fraction of sp³-hybridized carbons (Fsp3) is 0.375. The first kappa shape index (κ1) is 22.6. The minimum absolute atomic E-state index is 0.0925. The van der Waals surface area contributed by atoms with Crippen LogP contribution in [0.2, 0.25) is 0 Å². The van der Waals surface area contributed by atoms with E-state index in [2.05, 4.69) is 31.3 Å². The smallest absolute Gasteiger partial charge is 0.352 e. The summed E-state index contributed by atoms with van der Waals surface area (Å²) in [5.41, 5.74) is 5.63. The molecule has 33 heavy (non-hydrogen) atoms. The van der Waals surface area contributed by atoms with Crippen LogP contribution in [-0.2, 0) is 21.4 Å². The van der Waals surface area contributed by atoms with E-state index in [1.54, 1.807) is 7.05 Å². The van der Waals surface area contributed by atoms with E-state index in [4.69, 9.17) is 10.3 Å². The van der Waals surface area contributed by atoms with Crippen LogP contribution in [0, 0.1) is 0 Å². The Morgan fingerprint density at radius 3 is 2.85 bits per heavy atom. The highest BCUT2D eigenvalue weighted by atomic mass is 32.2. The van der Waals surface area contributed by atoms with Gasteiger partial charge in [-0.3, -0.25) is 14.5 Å². The number of thioether (sulfide) groups is 2. The number of carboxylic acid groups (broad SMARTS) is 1. The molecule has 5 N–H and O–H groups in total. The number of rotatable bonds is 8. The van der Waals surface area contributed by atoms with Gasteiger partial charge in [0.25, 0.3) is 5.91 Å². The molecule has 0 aromatic carbocycles. The van der Waals surface area contributed by atoms with Gasteiger partial charge in [-0.1, -0.05) is 16.9 Å². The van der Waals surface area contributed by atoms with Gasteiger partial charge in [-0.05, 0) is 16.0 Å². The summed E-state index contributed by atoms with van der Waals surface area (Å²) in [7, 11) is 1.66. The molecule has 2 unspecified atom stereocenters. The number of nitrogens with two attached hydrogens (primary N) is 1. The van der Waals surface area contributed by atoms with Crippen LogP contribution in [0.5, 0.6) is 0 Å². The molecule has 2 aromatic rings. The summed E-state index contributed by atoms with van der Waals surface area (Å²) in [6, 6.07) is -1.87. The Morgan fingerprint density at radius 2 is 2.24 bits per heavy atom. The second-order valence-electron chi connectivity index (χ2n) is 6.89. The molecule has 0 saturated carbocycles. The van der Waals surface area contributed by atoms with Crippen molar-refractivity contribution in [3.05, 3.63) is 29.3 Å². The summed E-state index contributed by atoms with van der Waals surface area (Å²) in [5, 5.41) is 29.1. The fourth-order valence-electron chi connectivity index (χ4n) is 3.31. The van der Waals surface area contributed by atoms with E-state index in [1.165, 1.54) is 40.5 Å². The Hall–Kier alpha value is -3.60. The van der Waals surface area contributed by atoms with Crippen LogP contribution in [0.4, 0.5) is 4.79 Å². The molecule has 15 nitrogen and oxygen atoms in total. The standard InChI is InChI=1S/C16H17N9O6S2/c1-24-16(20-22-23-24)33-5-6-4-32-13-9(12(27)25(13)10(6)14(28)29)18-11(26)8(19-15(17)30)7-2-3-31-21-7/h2-3,8-9,13H,4-5H2,1H3,(H,18,26)(H,28,29)(H3,17,19,30)/t8?,9-,13?/m0/s1. The second-order valence-corrected chi connectivity index (χ2v) is 8.94. The second kappa shape index (κ2) is 9.10. The van der Waals surface area contributed by atoms with Crippen LogP contribution < -0.4 is 16.4 Å². The zero-order valence-electron chi connectivity index (χ0n) is 16.9. The third kappa shape index (κ3) is 4.36. The molecule has 0 bridgehead atoms. The van der Waals surface area contributed by atoms with Gasteiger partial charge in [0, 0.05) is 24.6 Å². The summed E-state index contributed by atoms with van der Waals surface area (Å²) in [5.74, 6) is -1.97. The highest BCUT2D eigenvalue weighted by Crippen LogP contribution is 2.41. The number of β-lactam (4-membered cyclic amide) rings is 1. The lowest BCUT2D eigenvalue weighted by Crippen LogP contribution is -2.71. The van der Waals surface area contributed by atoms with E-state index in [1.807, 2.05) is 0 Å². The molecule has 3 atom stereocenters. The molecule has 4 rings (SSSR count). The lowest BCUT2D eigenvalue weighted by atomic mass is 10.0. The fourth-order valence-corrected chi connectivity index (χ4v) is 5.65. The van der Waals surface area contributed by atoms with Crippen molar-refractivity contribution in [2.45, 2.75) is 22.6 Å². The predicted molar refractivity (Wildman–Crippen MR) is 111 cm³/mol. The first-order chi connectivity index (χ1) is 15.8. The van der Waals surface area contributed by atoms with Gasteiger partial charge in [0.15, 0.2) is 6.04 Å². The van der Waals surface area contributed by atoms with Crippen molar-refractivity contribution in [2.75, 3.05) is 11.5 Å². The van der Waals surface area contributed by atoms with Crippen LogP contribution in [0.3, 0.4) is 0 Å². The van der Waals surface area contributed by atoms with Crippen LogP contribution in [0.15, 0.2) is 33.3 Å². The Balaban J connectivity index is 1.48. The van der Waals surface area contributed by atoms with E-state index >= 15 is 0 Å². The maximum absolute atomic E-state index is 12.8. The Bertz CT molecular complexity index is 1130. The van der Waals surface area contributed by atoms with Gasteiger partial charge in [0.05, 0.1) is 0 Å². The number of nitrogens with zero attached hydrogens (tertiary/aromatic N) is 6. The number of aliphatic carboxylic acids is 1. The SMILES string of the molecule is Cn1nnnc1SCC1=C(C(=O)O)N2C(=O)[C@H](NC(=O)C(NC(N)=O)c3ccon3)C2SC1. The average molecular weight is 496 g/mol. The van der Waals surface area contributed by atoms with E-state index in [0.717, 1.165) is 4.90 Å². The quantitative estimate of drug-likeness (QED) is 0.242. The third-order valence-electron chi connectivity index (χ3n) is 4.81. The summed E-state index contributed by atoms with van der Waals surface area (Å²) in [6.45, 7) is 0. The maximum atomic E-state index is 12.8. The van der Waals surface area contributed by atoms with Crippen molar-refractivity contribution >= 4 is 47.3 Å². The predicted octanol–water partition coefficient (Wildman–Crippen LogP) is -1.56. The van der Waals surface area contributed by atoms with Crippen molar-refractivity contribution in [1.29, 1.82) is 0 Å². The molecular weight excluding hydrogens is 478 g/mol. The first-order valence-corrected chi connectivity index (χ1v) is 11.3. The minimum atomic E-state index is -1.28. The summed E-state index contributed by atoms with van der Waals surface area (Å²) >= 11 is 2.56. The molecule has 17 heteroatoms. The van der Waals surface area contributed by atoms with Crippen LogP contribution in [0.1, 0.15) is 11.7 Å². The molecule has 2 aliphatic heterocycles. The number of carboxylic acids is 1. The molecule has 4 heterocycles. The minimum Gasteiger partial charge on any atom is -0.477 e. The number of primary amides is 1. The average Bonchev–Trinajstić information content (AvgIpc) is 3.45. The number of hydrogen-bond donors (Lipinski definition) is 4. The van der Waals surface area contributed by atoms with Crippen LogP contribution in [0.25, 0.3) is 0 Å². The highest BCUT2D eigenvalue weighted by Gasteiger charge is 2.54. The maximum Gasteiger partial charge on any atom is 0.352 e. The molecule has 4 amide bonds. The number of carbonyl (C=O) groups excluding carboxylic acids is 3. The molecule has 1 saturated heterocycles. The van der Waals surface area contributed by atoms with E-state index in [0.29, 0.717) is 16.5 Å². The number of tetrazole rings is 1. The topological polar surface area (TPSA) is 211 Å². The van der Waals surface area contributed by atoms with E-state index in [-0.39, 0.29) is 17.1 Å². The lowest BCUT2D eigenvalue weighted by molar-refractivity contribution is -0.151. The third-order valence-corrected chi connectivity index (χ3v) is 7.24. The number of hydrogen-bond acceptors (Lipinski definition) is 11. The van der Waals surface area contributed by atoms with Crippen LogP contribution >= 0.6 is 23.5 Å². The Morgan fingerprint density at radius 1 is 1.45 bits per heavy atom. The molecule has 0 spiro atoms. The summed E-state index contributed by atoms with van der Waals surface area (Å²) in [4.78, 5) is 50.0. The summed E-state index contributed by atoms with van der Waals surface area (Å²) < 4.78 is 6.15. The van der Waals surface area contributed by atoms with Gasteiger partial charge in [-0.2, -0.15) is 0 Å². The van der Waals surface area contributed by atoms with Gasteiger partial charge in [-0.25, -0.2) is 14.3 Å². The van der Waals surface area contributed by atoms with Gasteiger partial charge in [0.2, 0.25) is 11.1 Å². The molecule has 1 fully saturated rings. The summed E-state index contributed by atoms with van der Waals surface area (Å²) in [6.07, 6.45) is 1.21. The van der Waals surface area contributed by atoms with Crippen LogP contribution in [-0.4, -0.2) is 82.1 Å². The van der Waals surface area contributed by atoms with Gasteiger partial charge < -0.3 is 26.0 Å². The number of amides is 4. The number of urea groups is 1. The molecular formula is C16H17N9O6S2. The van der Waals surface area contributed by atoms with Crippen molar-refractivity contribution < 1.29 is 28.8 Å². The number of nitrogens with one attached hydrogen (secondary N) is 2. The van der Waals surface area contributed by atoms with E-state index < -0.39 is 41.3 Å². The van der Waals surface area contributed by atoms with Gasteiger partial charge in [0.1, 0.15) is 29.1 Å². The largest absolute Gasteiger partial charge is 0.477 e. The Kier molecular flexibility index (Phi) is 6.23. The molecule has 2 aromatic heterocycles. The number of fused-ring (bicyclic) bond motifs is 1. The number of aromatic nitrogens is 5. The Labute approximate surface area is 193 Å². The molecule has 0 aliphatic carbocycles. The lowest BCUT2D eigenvalue weighted by Gasteiger charge is -2.49. The molecule has 174 valence electrons. The zero-order chi connectivity index (χ0) is 23.7. The van der Waals surface area contributed by atoms with Crippen molar-refractivity contribution in [1.82, 2.24) is 40.9 Å². The van der Waals surface area contributed by atoms with Crippen molar-refractivity contribution in [2.24, 2.45) is 12.8 Å². The monoisotopic (exact) mass is 495 g/mol. The first-order valence-electron chi connectivity index (χ1n) is 9.29. The normalized spacial score (nSPS) is 20.6. The zero-order valence-corrected chi connectivity index (χ0v) is 18.5. The van der Waals surface area contributed by atoms with Gasteiger partial charge >= 0.3 is 12.0 Å². The number of carbonyl (C=O) groups is 4. The molecule has 2 aliphatic rings. The number of aryl methyl sites for hydroxylation is 1. The van der Waals surface area contributed by atoms with Crippen molar-refractivity contribution in [3.8, 4) is 0 Å². The van der Waals surface area contributed by atoms with Gasteiger partial charge in [-0.15, -0.1) is 16.9 Å². The van der Waals surface area contributed by atoms with Crippen molar-refractivity contribution in [3.63, 3.8) is 0 Å².